The second-order valence-electron chi connectivity index (χ2n) is 7.97. The summed E-state index contributed by atoms with van der Waals surface area (Å²) < 4.78 is 28.5. The van der Waals surface area contributed by atoms with Crippen molar-refractivity contribution in [3.05, 3.63) is 106 Å². The highest BCUT2D eigenvalue weighted by molar-refractivity contribution is 7.89. The van der Waals surface area contributed by atoms with Gasteiger partial charge in [0.2, 0.25) is 10.0 Å². The average Bonchev–Trinajstić information content (AvgIpc) is 2.84. The molecule has 2 N–H and O–H groups in total. The Bertz CT molecular complexity index is 1500. The highest BCUT2D eigenvalue weighted by Crippen LogP contribution is 2.18. The van der Waals surface area contributed by atoms with Gasteiger partial charge in [0, 0.05) is 18.7 Å². The topological polar surface area (TPSA) is 112 Å². The molecular weight excluding hydrogens is 452 g/mol. The van der Waals surface area contributed by atoms with Gasteiger partial charge in [-0.3, -0.25) is 9.59 Å². The second kappa shape index (κ2) is 9.58. The van der Waals surface area contributed by atoms with E-state index in [0.29, 0.717) is 16.7 Å². The van der Waals surface area contributed by atoms with Gasteiger partial charge in [-0.05, 0) is 42.8 Å². The molecule has 0 aliphatic heterocycles. The van der Waals surface area contributed by atoms with Crippen molar-refractivity contribution < 1.29 is 13.2 Å². The largest absolute Gasteiger partial charge is 0.334 e. The minimum atomic E-state index is -3.86. The fourth-order valence-electron chi connectivity index (χ4n) is 3.63. The van der Waals surface area contributed by atoms with Crippen LogP contribution in [0.3, 0.4) is 0 Å². The van der Waals surface area contributed by atoms with E-state index in [1.165, 1.54) is 23.1 Å². The number of amides is 1. The number of nitrogens with one attached hydrogen (secondary N) is 2. The number of nitrogens with zero attached hydrogens (tertiary/aromatic N) is 2. The number of hydrogen-bond acceptors (Lipinski definition) is 5. The summed E-state index contributed by atoms with van der Waals surface area (Å²) in [7, 11) is -2.29. The van der Waals surface area contributed by atoms with Crippen LogP contribution < -0.4 is 10.3 Å². The van der Waals surface area contributed by atoms with Gasteiger partial charge in [-0.1, -0.05) is 48.5 Å². The van der Waals surface area contributed by atoms with Gasteiger partial charge in [0.1, 0.15) is 5.82 Å². The van der Waals surface area contributed by atoms with E-state index in [4.69, 9.17) is 0 Å². The number of aromatic nitrogens is 2. The molecule has 0 bridgehead atoms. The molecule has 0 fully saturated rings. The first-order chi connectivity index (χ1) is 16.2. The van der Waals surface area contributed by atoms with Crippen LogP contribution in [0.25, 0.3) is 10.9 Å². The monoisotopic (exact) mass is 476 g/mol. The number of aromatic amines is 1. The molecule has 4 rings (SSSR count). The van der Waals surface area contributed by atoms with Crippen LogP contribution >= 0.6 is 0 Å². The van der Waals surface area contributed by atoms with Crippen LogP contribution in [0.4, 0.5) is 0 Å². The van der Waals surface area contributed by atoms with Crippen LogP contribution in [0, 0.1) is 0 Å². The van der Waals surface area contributed by atoms with Crippen molar-refractivity contribution in [2.24, 2.45) is 0 Å². The SMILES string of the molecule is C[C@H](NS(=O)(=O)c1cccc(C(=O)N(C)Cc2nc3ccccc3c(=O)[nH]2)c1)c1ccccc1. The van der Waals surface area contributed by atoms with Gasteiger partial charge in [0.15, 0.2) is 0 Å². The maximum absolute atomic E-state index is 13.0. The van der Waals surface area contributed by atoms with Gasteiger partial charge >= 0.3 is 0 Å². The third-order valence-corrected chi connectivity index (χ3v) is 6.96. The molecule has 0 spiro atoms. The molecule has 0 aliphatic rings. The van der Waals surface area contributed by atoms with Crippen LogP contribution in [0.2, 0.25) is 0 Å². The summed E-state index contributed by atoms with van der Waals surface area (Å²) in [6.07, 6.45) is 0. The van der Waals surface area contributed by atoms with Crippen molar-refractivity contribution in [3.63, 3.8) is 0 Å². The van der Waals surface area contributed by atoms with E-state index < -0.39 is 22.0 Å². The lowest BCUT2D eigenvalue weighted by molar-refractivity contribution is 0.0781. The smallest absolute Gasteiger partial charge is 0.258 e. The highest BCUT2D eigenvalue weighted by Gasteiger charge is 2.21. The molecule has 4 aromatic rings. The minimum Gasteiger partial charge on any atom is -0.334 e. The third kappa shape index (κ3) is 5.05. The van der Waals surface area contributed by atoms with Gasteiger partial charge in [-0.25, -0.2) is 18.1 Å². The molecule has 174 valence electrons. The molecule has 0 saturated heterocycles. The van der Waals surface area contributed by atoms with E-state index in [1.54, 1.807) is 44.3 Å². The number of para-hydroxylation sites is 1. The summed E-state index contributed by atoms with van der Waals surface area (Å²) in [4.78, 5) is 33.8. The molecule has 1 atom stereocenters. The van der Waals surface area contributed by atoms with E-state index in [2.05, 4.69) is 14.7 Å². The molecule has 9 heteroatoms. The predicted octanol–water partition coefficient (Wildman–Crippen LogP) is 3.23. The fraction of sp³-hybridized carbons (Fsp3) is 0.160. The zero-order chi connectivity index (χ0) is 24.3. The lowest BCUT2D eigenvalue weighted by Gasteiger charge is -2.18. The highest BCUT2D eigenvalue weighted by atomic mass is 32.2. The Kier molecular flexibility index (Phi) is 6.58. The Morgan fingerprint density at radius 2 is 1.74 bits per heavy atom. The molecule has 0 unspecified atom stereocenters. The zero-order valence-electron chi connectivity index (χ0n) is 18.7. The Labute approximate surface area is 197 Å². The Morgan fingerprint density at radius 1 is 1.03 bits per heavy atom. The number of carbonyl (C=O) groups is 1. The second-order valence-corrected chi connectivity index (χ2v) is 9.69. The van der Waals surface area contributed by atoms with Crippen molar-refractivity contribution in [3.8, 4) is 0 Å². The third-order valence-electron chi connectivity index (χ3n) is 5.42. The predicted molar refractivity (Wildman–Crippen MR) is 130 cm³/mol. The van der Waals surface area contributed by atoms with E-state index in [0.717, 1.165) is 5.56 Å². The number of fused-ring (bicyclic) bond motifs is 1. The number of benzene rings is 3. The van der Waals surface area contributed by atoms with Gasteiger partial charge in [0.05, 0.1) is 22.3 Å². The minimum absolute atomic E-state index is 0.00762. The molecule has 1 heterocycles. The summed E-state index contributed by atoms with van der Waals surface area (Å²) in [6.45, 7) is 1.81. The maximum atomic E-state index is 13.0. The first kappa shape index (κ1) is 23.3. The quantitative estimate of drug-likeness (QED) is 0.425. The summed E-state index contributed by atoms with van der Waals surface area (Å²) >= 11 is 0. The Morgan fingerprint density at radius 3 is 2.50 bits per heavy atom. The number of rotatable bonds is 7. The summed E-state index contributed by atoms with van der Waals surface area (Å²) in [5.41, 5.74) is 1.29. The Hall–Kier alpha value is -3.82. The molecule has 0 saturated carbocycles. The fourth-order valence-corrected chi connectivity index (χ4v) is 4.91. The van der Waals surface area contributed by atoms with Gasteiger partial charge < -0.3 is 9.88 Å². The van der Waals surface area contributed by atoms with E-state index in [9.17, 15) is 18.0 Å². The van der Waals surface area contributed by atoms with Crippen molar-refractivity contribution in [2.75, 3.05) is 7.05 Å². The van der Waals surface area contributed by atoms with Gasteiger partial charge in [0.25, 0.3) is 11.5 Å². The van der Waals surface area contributed by atoms with Crippen LogP contribution in [0.15, 0.2) is 88.6 Å². The van der Waals surface area contributed by atoms with Crippen LogP contribution in [0.5, 0.6) is 0 Å². The van der Waals surface area contributed by atoms with E-state index in [-0.39, 0.29) is 22.6 Å². The molecule has 1 amide bonds. The summed E-state index contributed by atoms with van der Waals surface area (Å²) in [5.74, 6) is -0.0642. The molecule has 8 nitrogen and oxygen atoms in total. The summed E-state index contributed by atoms with van der Waals surface area (Å²) in [5, 5.41) is 0.468. The first-order valence-corrected chi connectivity index (χ1v) is 12.1. The van der Waals surface area contributed by atoms with Crippen LogP contribution in [-0.2, 0) is 16.6 Å². The standard InChI is InChI=1S/C25H24N4O4S/c1-17(18-9-4-3-5-10-18)28-34(32,33)20-12-8-11-19(15-20)25(31)29(2)16-23-26-22-14-7-6-13-21(22)24(30)27-23/h3-15,17,28H,16H2,1-2H3,(H,26,27,30)/t17-/m0/s1. The lowest BCUT2D eigenvalue weighted by atomic mass is 10.1. The molecule has 3 aromatic carbocycles. The van der Waals surface area contributed by atoms with Crippen LogP contribution in [0.1, 0.15) is 34.7 Å². The molecule has 0 aliphatic carbocycles. The molecule has 0 radical (unpaired) electrons. The van der Waals surface area contributed by atoms with Crippen molar-refractivity contribution >= 4 is 26.8 Å². The van der Waals surface area contributed by atoms with Crippen molar-refractivity contribution in [1.82, 2.24) is 19.6 Å². The van der Waals surface area contributed by atoms with Crippen LogP contribution in [-0.4, -0.2) is 36.2 Å². The number of carbonyl (C=O) groups excluding carboxylic acids is 1. The molecule has 34 heavy (non-hydrogen) atoms. The zero-order valence-corrected chi connectivity index (χ0v) is 19.5. The van der Waals surface area contributed by atoms with Gasteiger partial charge in [-0.2, -0.15) is 0 Å². The first-order valence-electron chi connectivity index (χ1n) is 10.7. The number of H-pyrrole nitrogens is 1. The van der Waals surface area contributed by atoms with Gasteiger partial charge in [-0.15, -0.1) is 0 Å². The summed E-state index contributed by atoms with van der Waals surface area (Å²) in [6, 6.07) is 21.6. The average molecular weight is 477 g/mol. The van der Waals surface area contributed by atoms with E-state index >= 15 is 0 Å². The maximum Gasteiger partial charge on any atom is 0.258 e. The van der Waals surface area contributed by atoms with Crippen molar-refractivity contribution in [2.45, 2.75) is 24.4 Å². The number of sulfonamides is 1. The molecular formula is C25H24N4O4S. The van der Waals surface area contributed by atoms with Crippen molar-refractivity contribution in [1.29, 1.82) is 0 Å². The number of hydrogen-bond donors (Lipinski definition) is 2. The molecule has 1 aromatic heterocycles. The lowest BCUT2D eigenvalue weighted by Crippen LogP contribution is -2.29. The Balaban J connectivity index is 1.52. The normalized spacial score (nSPS) is 12.4. The van der Waals surface area contributed by atoms with E-state index in [1.807, 2.05) is 30.3 Å².